The first-order valence-electron chi connectivity index (χ1n) is 6.04. The first-order valence-corrected chi connectivity index (χ1v) is 6.04. The molecule has 0 radical (unpaired) electrons. The molecule has 0 bridgehead atoms. The lowest BCUT2D eigenvalue weighted by atomic mass is 10.1. The number of ether oxygens (including phenoxy) is 2. The SMILES string of the molecule is OC(CNc1ccc2c(c1)OCO2)c1ccncc1. The highest BCUT2D eigenvalue weighted by molar-refractivity contribution is 5.55. The standard InChI is InChI=1S/C14H14N2O3/c17-12(10-3-5-15-6-4-10)8-16-11-1-2-13-14(7-11)19-9-18-13/h1-7,12,16-17H,8-9H2. The van der Waals surface area contributed by atoms with Crippen LogP contribution in [0.1, 0.15) is 11.7 Å². The Kier molecular flexibility index (Phi) is 3.20. The van der Waals surface area contributed by atoms with Crippen molar-refractivity contribution in [3.05, 3.63) is 48.3 Å². The van der Waals surface area contributed by atoms with Gasteiger partial charge in [-0.3, -0.25) is 4.98 Å². The number of fused-ring (bicyclic) bond motifs is 1. The molecule has 19 heavy (non-hydrogen) atoms. The Morgan fingerprint density at radius 2 is 1.95 bits per heavy atom. The van der Waals surface area contributed by atoms with Crippen molar-refractivity contribution in [1.82, 2.24) is 4.98 Å². The molecule has 0 saturated carbocycles. The molecule has 1 aliphatic heterocycles. The summed E-state index contributed by atoms with van der Waals surface area (Å²) in [5, 5.41) is 13.2. The predicted octanol–water partition coefficient (Wildman–Crippen LogP) is 1.96. The number of nitrogens with one attached hydrogen (secondary N) is 1. The molecule has 0 aliphatic carbocycles. The highest BCUT2D eigenvalue weighted by Crippen LogP contribution is 2.34. The second kappa shape index (κ2) is 5.16. The van der Waals surface area contributed by atoms with Crippen molar-refractivity contribution >= 4 is 5.69 Å². The second-order valence-corrected chi connectivity index (χ2v) is 4.25. The fourth-order valence-corrected chi connectivity index (χ4v) is 1.92. The molecule has 2 heterocycles. The van der Waals surface area contributed by atoms with E-state index >= 15 is 0 Å². The van der Waals surface area contributed by atoms with Crippen LogP contribution in [0.2, 0.25) is 0 Å². The Hall–Kier alpha value is -2.27. The molecule has 5 nitrogen and oxygen atoms in total. The van der Waals surface area contributed by atoms with Crippen molar-refractivity contribution < 1.29 is 14.6 Å². The van der Waals surface area contributed by atoms with Gasteiger partial charge in [0.05, 0.1) is 6.10 Å². The summed E-state index contributed by atoms with van der Waals surface area (Å²) in [5.41, 5.74) is 1.72. The van der Waals surface area contributed by atoms with Crippen molar-refractivity contribution in [2.75, 3.05) is 18.7 Å². The summed E-state index contributed by atoms with van der Waals surface area (Å²) in [4.78, 5) is 3.92. The van der Waals surface area contributed by atoms with E-state index in [-0.39, 0.29) is 6.79 Å². The Labute approximate surface area is 110 Å². The third-order valence-electron chi connectivity index (χ3n) is 2.96. The van der Waals surface area contributed by atoms with Crippen LogP contribution in [-0.2, 0) is 0 Å². The fourth-order valence-electron chi connectivity index (χ4n) is 1.92. The largest absolute Gasteiger partial charge is 0.454 e. The zero-order valence-electron chi connectivity index (χ0n) is 10.2. The van der Waals surface area contributed by atoms with E-state index < -0.39 is 6.10 Å². The van der Waals surface area contributed by atoms with E-state index in [2.05, 4.69) is 10.3 Å². The molecule has 0 amide bonds. The van der Waals surface area contributed by atoms with Crippen LogP contribution in [0, 0.1) is 0 Å². The molecule has 98 valence electrons. The first kappa shape index (κ1) is 11.8. The maximum Gasteiger partial charge on any atom is 0.231 e. The number of hydrogen-bond donors (Lipinski definition) is 2. The van der Waals surface area contributed by atoms with Gasteiger partial charge in [0, 0.05) is 30.7 Å². The van der Waals surface area contributed by atoms with Crippen molar-refractivity contribution in [2.24, 2.45) is 0 Å². The minimum absolute atomic E-state index is 0.262. The lowest BCUT2D eigenvalue weighted by Crippen LogP contribution is -2.12. The Morgan fingerprint density at radius 3 is 2.79 bits per heavy atom. The van der Waals surface area contributed by atoms with E-state index in [1.165, 1.54) is 0 Å². The summed E-state index contributed by atoms with van der Waals surface area (Å²) in [5.74, 6) is 1.48. The van der Waals surface area contributed by atoms with Gasteiger partial charge in [0.25, 0.3) is 0 Å². The van der Waals surface area contributed by atoms with E-state index in [0.717, 1.165) is 22.7 Å². The van der Waals surface area contributed by atoms with E-state index in [1.807, 2.05) is 18.2 Å². The van der Waals surface area contributed by atoms with Gasteiger partial charge in [-0.15, -0.1) is 0 Å². The number of nitrogens with zero attached hydrogens (tertiary/aromatic N) is 1. The monoisotopic (exact) mass is 258 g/mol. The van der Waals surface area contributed by atoms with Gasteiger partial charge >= 0.3 is 0 Å². The quantitative estimate of drug-likeness (QED) is 0.877. The average molecular weight is 258 g/mol. The molecule has 2 N–H and O–H groups in total. The van der Waals surface area contributed by atoms with Gasteiger partial charge < -0.3 is 19.9 Å². The Morgan fingerprint density at radius 1 is 1.16 bits per heavy atom. The molecule has 5 heteroatoms. The summed E-state index contributed by atoms with van der Waals surface area (Å²) in [6.45, 7) is 0.683. The molecule has 1 atom stereocenters. The minimum atomic E-state index is -0.576. The lowest BCUT2D eigenvalue weighted by Gasteiger charge is -2.13. The summed E-state index contributed by atoms with van der Waals surface area (Å²) in [7, 11) is 0. The molecule has 2 aromatic rings. The number of aliphatic hydroxyl groups excluding tert-OH is 1. The van der Waals surface area contributed by atoms with Gasteiger partial charge in [-0.25, -0.2) is 0 Å². The maximum atomic E-state index is 10.0. The number of pyridine rings is 1. The van der Waals surface area contributed by atoms with Crippen LogP contribution in [0.15, 0.2) is 42.7 Å². The second-order valence-electron chi connectivity index (χ2n) is 4.25. The molecule has 0 spiro atoms. The van der Waals surface area contributed by atoms with Crippen molar-refractivity contribution in [3.63, 3.8) is 0 Å². The number of benzene rings is 1. The smallest absolute Gasteiger partial charge is 0.231 e. The fraction of sp³-hybridized carbons (Fsp3) is 0.214. The summed E-state index contributed by atoms with van der Waals surface area (Å²) >= 11 is 0. The van der Waals surface area contributed by atoms with Crippen LogP contribution in [0.25, 0.3) is 0 Å². The van der Waals surface area contributed by atoms with Crippen LogP contribution in [0.3, 0.4) is 0 Å². The van der Waals surface area contributed by atoms with Gasteiger partial charge in [0.15, 0.2) is 11.5 Å². The number of rotatable bonds is 4. The van der Waals surface area contributed by atoms with Gasteiger partial charge in [-0.05, 0) is 29.8 Å². The molecular weight excluding hydrogens is 244 g/mol. The highest BCUT2D eigenvalue weighted by atomic mass is 16.7. The number of hydrogen-bond acceptors (Lipinski definition) is 5. The van der Waals surface area contributed by atoms with Gasteiger partial charge in [0.1, 0.15) is 0 Å². The molecular formula is C14H14N2O3. The normalized spacial score (nSPS) is 14.2. The van der Waals surface area contributed by atoms with Crippen LogP contribution in [0.4, 0.5) is 5.69 Å². The predicted molar refractivity (Wildman–Crippen MR) is 70.3 cm³/mol. The van der Waals surface area contributed by atoms with E-state index in [9.17, 15) is 5.11 Å². The molecule has 1 aromatic heterocycles. The molecule has 3 rings (SSSR count). The zero-order valence-corrected chi connectivity index (χ0v) is 10.2. The van der Waals surface area contributed by atoms with Crippen LogP contribution < -0.4 is 14.8 Å². The summed E-state index contributed by atoms with van der Waals surface area (Å²) < 4.78 is 10.5. The summed E-state index contributed by atoms with van der Waals surface area (Å²) in [6, 6.07) is 9.20. The van der Waals surface area contributed by atoms with E-state index in [1.54, 1.807) is 24.5 Å². The van der Waals surface area contributed by atoms with Crippen LogP contribution in [-0.4, -0.2) is 23.4 Å². The molecule has 1 unspecified atom stereocenters. The van der Waals surface area contributed by atoms with Crippen molar-refractivity contribution in [2.45, 2.75) is 6.10 Å². The topological polar surface area (TPSA) is 63.6 Å². The first-order chi connectivity index (χ1) is 9.33. The third-order valence-corrected chi connectivity index (χ3v) is 2.96. The lowest BCUT2D eigenvalue weighted by molar-refractivity contribution is 0.174. The van der Waals surface area contributed by atoms with Gasteiger partial charge in [0.2, 0.25) is 6.79 Å². The number of aromatic nitrogens is 1. The molecule has 0 fully saturated rings. The maximum absolute atomic E-state index is 10.0. The molecule has 1 aromatic carbocycles. The molecule has 1 aliphatic rings. The summed E-state index contributed by atoms with van der Waals surface area (Å²) in [6.07, 6.45) is 2.76. The number of anilines is 1. The highest BCUT2D eigenvalue weighted by Gasteiger charge is 2.13. The van der Waals surface area contributed by atoms with E-state index in [4.69, 9.17) is 9.47 Å². The van der Waals surface area contributed by atoms with Gasteiger partial charge in [-0.1, -0.05) is 0 Å². The van der Waals surface area contributed by atoms with Gasteiger partial charge in [-0.2, -0.15) is 0 Å². The van der Waals surface area contributed by atoms with Crippen molar-refractivity contribution in [1.29, 1.82) is 0 Å². The van der Waals surface area contributed by atoms with Crippen molar-refractivity contribution in [3.8, 4) is 11.5 Å². The van der Waals surface area contributed by atoms with Crippen LogP contribution in [0.5, 0.6) is 11.5 Å². The Balaban J connectivity index is 1.63. The number of aliphatic hydroxyl groups is 1. The van der Waals surface area contributed by atoms with E-state index in [0.29, 0.717) is 6.54 Å². The minimum Gasteiger partial charge on any atom is -0.454 e. The third kappa shape index (κ3) is 2.61. The van der Waals surface area contributed by atoms with Crippen LogP contribution >= 0.6 is 0 Å². The average Bonchev–Trinajstić information content (AvgIpc) is 2.93. The zero-order chi connectivity index (χ0) is 13.1. The molecule has 0 saturated heterocycles. The Bertz CT molecular complexity index is 560.